The van der Waals surface area contributed by atoms with Gasteiger partial charge in [-0.2, -0.15) is 0 Å². The minimum Gasteiger partial charge on any atom is -0.465 e. The molecule has 0 spiro atoms. The maximum absolute atomic E-state index is 12.6. The normalized spacial score (nSPS) is 11.3. The molecule has 12 heteroatoms. The van der Waals surface area contributed by atoms with Crippen LogP contribution in [0.15, 0.2) is 42.5 Å². The molecular formula is C22H22ClN3O8. The van der Waals surface area contributed by atoms with Crippen LogP contribution in [0.1, 0.15) is 34.6 Å². The number of rotatable bonds is 9. The first-order valence-corrected chi connectivity index (χ1v) is 10.3. The first kappa shape index (κ1) is 26.3. The van der Waals surface area contributed by atoms with Gasteiger partial charge < -0.3 is 20.1 Å². The SMILES string of the molecule is COC(=O)c1ccccc1NC(=O)COC(=O)C(NC(=O)c1ccc(Cl)c([N+](=O)[O-])c1)C(C)C. The number of nitrogens with one attached hydrogen (secondary N) is 2. The van der Waals surface area contributed by atoms with E-state index in [1.807, 2.05) is 0 Å². The molecule has 34 heavy (non-hydrogen) atoms. The van der Waals surface area contributed by atoms with Crippen molar-refractivity contribution in [2.45, 2.75) is 19.9 Å². The molecule has 2 aromatic carbocycles. The van der Waals surface area contributed by atoms with E-state index in [1.54, 1.807) is 26.0 Å². The lowest BCUT2D eigenvalue weighted by atomic mass is 10.0. The molecule has 1 atom stereocenters. The highest BCUT2D eigenvalue weighted by Gasteiger charge is 2.28. The minimum absolute atomic E-state index is 0.0771. The smallest absolute Gasteiger partial charge is 0.339 e. The topological polar surface area (TPSA) is 154 Å². The Balaban J connectivity index is 2.04. The first-order valence-electron chi connectivity index (χ1n) is 9.93. The summed E-state index contributed by atoms with van der Waals surface area (Å²) in [5.74, 6) is -3.44. The molecule has 0 fully saturated rings. The molecule has 0 heterocycles. The molecule has 0 aliphatic carbocycles. The molecule has 180 valence electrons. The monoisotopic (exact) mass is 491 g/mol. The predicted octanol–water partition coefficient (Wildman–Crippen LogP) is 2.97. The van der Waals surface area contributed by atoms with Crippen molar-refractivity contribution < 1.29 is 33.6 Å². The number of nitro benzene ring substituents is 1. The van der Waals surface area contributed by atoms with Gasteiger partial charge in [-0.3, -0.25) is 19.7 Å². The number of anilines is 1. The number of hydrogen-bond acceptors (Lipinski definition) is 8. The van der Waals surface area contributed by atoms with E-state index in [4.69, 9.17) is 16.3 Å². The van der Waals surface area contributed by atoms with Crippen molar-refractivity contribution in [2.75, 3.05) is 19.0 Å². The standard InChI is InChI=1S/C22H22ClN3O8/c1-12(2)19(25-20(28)13-8-9-15(23)17(10-13)26(31)32)22(30)34-11-18(27)24-16-7-5-4-6-14(16)21(29)33-3/h4-10,12,19H,11H2,1-3H3,(H,24,27)(H,25,28). The summed E-state index contributed by atoms with van der Waals surface area (Å²) in [5.41, 5.74) is -0.240. The Kier molecular flexibility index (Phi) is 9.08. The molecule has 0 bridgehead atoms. The number of halogens is 1. The van der Waals surface area contributed by atoms with Crippen LogP contribution in [-0.2, 0) is 19.1 Å². The van der Waals surface area contributed by atoms with Crippen LogP contribution in [0.2, 0.25) is 5.02 Å². The van der Waals surface area contributed by atoms with Gasteiger partial charge in [-0.25, -0.2) is 9.59 Å². The van der Waals surface area contributed by atoms with Gasteiger partial charge in [-0.15, -0.1) is 0 Å². The Morgan fingerprint density at radius 3 is 2.41 bits per heavy atom. The zero-order valence-corrected chi connectivity index (χ0v) is 19.3. The fourth-order valence-electron chi connectivity index (χ4n) is 2.81. The Bertz CT molecular complexity index is 1120. The van der Waals surface area contributed by atoms with Crippen molar-refractivity contribution in [1.29, 1.82) is 0 Å². The van der Waals surface area contributed by atoms with Gasteiger partial charge in [0.15, 0.2) is 6.61 Å². The maximum atomic E-state index is 12.6. The van der Waals surface area contributed by atoms with Crippen LogP contribution in [-0.4, -0.2) is 48.4 Å². The lowest BCUT2D eigenvalue weighted by molar-refractivity contribution is -0.384. The average Bonchev–Trinajstić information content (AvgIpc) is 2.80. The largest absolute Gasteiger partial charge is 0.465 e. The third-order valence-corrected chi connectivity index (χ3v) is 4.88. The van der Waals surface area contributed by atoms with Crippen LogP contribution in [0, 0.1) is 16.0 Å². The van der Waals surface area contributed by atoms with Gasteiger partial charge in [0.1, 0.15) is 11.1 Å². The number of nitrogens with zero attached hydrogens (tertiary/aromatic N) is 1. The number of para-hydroxylation sites is 1. The summed E-state index contributed by atoms with van der Waals surface area (Å²) < 4.78 is 9.69. The highest BCUT2D eigenvalue weighted by Crippen LogP contribution is 2.25. The number of carbonyl (C=O) groups excluding carboxylic acids is 4. The van der Waals surface area contributed by atoms with E-state index in [0.29, 0.717) is 0 Å². The second-order valence-electron chi connectivity index (χ2n) is 7.31. The third kappa shape index (κ3) is 6.75. The number of amides is 2. The van der Waals surface area contributed by atoms with Crippen LogP contribution in [0.5, 0.6) is 0 Å². The number of benzene rings is 2. The fourth-order valence-corrected chi connectivity index (χ4v) is 3.00. The molecular weight excluding hydrogens is 470 g/mol. The second kappa shape index (κ2) is 11.8. The predicted molar refractivity (Wildman–Crippen MR) is 122 cm³/mol. The lowest BCUT2D eigenvalue weighted by Crippen LogP contribution is -2.46. The van der Waals surface area contributed by atoms with Crippen LogP contribution in [0.3, 0.4) is 0 Å². The Labute approximate surface area is 199 Å². The maximum Gasteiger partial charge on any atom is 0.339 e. The molecule has 2 amide bonds. The highest BCUT2D eigenvalue weighted by molar-refractivity contribution is 6.32. The van der Waals surface area contributed by atoms with E-state index in [0.717, 1.165) is 6.07 Å². The quantitative estimate of drug-likeness (QED) is 0.308. The van der Waals surface area contributed by atoms with Gasteiger partial charge >= 0.3 is 11.9 Å². The summed E-state index contributed by atoms with van der Waals surface area (Å²) in [5, 5.41) is 15.8. The van der Waals surface area contributed by atoms with E-state index in [1.165, 1.54) is 31.4 Å². The average molecular weight is 492 g/mol. The molecule has 2 rings (SSSR count). The summed E-state index contributed by atoms with van der Waals surface area (Å²) in [6.07, 6.45) is 0. The molecule has 0 aliphatic heterocycles. The number of carbonyl (C=O) groups is 4. The Morgan fingerprint density at radius 2 is 1.79 bits per heavy atom. The number of nitro groups is 1. The van der Waals surface area contributed by atoms with Gasteiger partial charge in [0.25, 0.3) is 17.5 Å². The fraction of sp³-hybridized carbons (Fsp3) is 0.273. The van der Waals surface area contributed by atoms with Gasteiger partial charge in [0.2, 0.25) is 0 Å². The summed E-state index contributed by atoms with van der Waals surface area (Å²) in [6, 6.07) is 8.46. The van der Waals surface area contributed by atoms with Crippen LogP contribution in [0.25, 0.3) is 0 Å². The van der Waals surface area contributed by atoms with Crippen molar-refractivity contribution >= 4 is 46.7 Å². The third-order valence-electron chi connectivity index (χ3n) is 4.56. The van der Waals surface area contributed by atoms with E-state index in [2.05, 4.69) is 15.4 Å². The number of methoxy groups -OCH3 is 1. The summed E-state index contributed by atoms with van der Waals surface area (Å²) in [6.45, 7) is 2.60. The summed E-state index contributed by atoms with van der Waals surface area (Å²) in [4.78, 5) is 59.4. The number of hydrogen-bond donors (Lipinski definition) is 2. The zero-order valence-electron chi connectivity index (χ0n) is 18.5. The number of esters is 2. The van der Waals surface area contributed by atoms with E-state index in [9.17, 15) is 29.3 Å². The van der Waals surface area contributed by atoms with Gasteiger partial charge in [0, 0.05) is 11.6 Å². The molecule has 0 saturated heterocycles. The molecule has 0 aromatic heterocycles. The molecule has 0 radical (unpaired) electrons. The second-order valence-corrected chi connectivity index (χ2v) is 7.72. The van der Waals surface area contributed by atoms with Crippen molar-refractivity contribution in [2.24, 2.45) is 5.92 Å². The molecule has 0 saturated carbocycles. The van der Waals surface area contributed by atoms with Crippen LogP contribution >= 0.6 is 11.6 Å². The molecule has 11 nitrogen and oxygen atoms in total. The van der Waals surface area contributed by atoms with Gasteiger partial charge in [0.05, 0.1) is 23.3 Å². The van der Waals surface area contributed by atoms with Crippen molar-refractivity contribution in [1.82, 2.24) is 5.32 Å². The van der Waals surface area contributed by atoms with Crippen molar-refractivity contribution in [3.05, 3.63) is 68.7 Å². The van der Waals surface area contributed by atoms with Crippen molar-refractivity contribution in [3.63, 3.8) is 0 Å². The number of ether oxygens (including phenoxy) is 2. The van der Waals surface area contributed by atoms with E-state index >= 15 is 0 Å². The van der Waals surface area contributed by atoms with Crippen LogP contribution < -0.4 is 10.6 Å². The molecule has 2 N–H and O–H groups in total. The van der Waals surface area contributed by atoms with E-state index < -0.39 is 52.9 Å². The highest BCUT2D eigenvalue weighted by atomic mass is 35.5. The Hall–Kier alpha value is -3.99. The minimum atomic E-state index is -1.14. The van der Waals surface area contributed by atoms with Crippen molar-refractivity contribution in [3.8, 4) is 0 Å². The summed E-state index contributed by atoms with van der Waals surface area (Å²) in [7, 11) is 1.20. The summed E-state index contributed by atoms with van der Waals surface area (Å²) >= 11 is 5.76. The zero-order chi connectivity index (χ0) is 25.4. The Morgan fingerprint density at radius 1 is 1.12 bits per heavy atom. The van der Waals surface area contributed by atoms with E-state index in [-0.39, 0.29) is 21.8 Å². The first-order chi connectivity index (χ1) is 16.0. The van der Waals surface area contributed by atoms with Gasteiger partial charge in [-0.05, 0) is 30.2 Å². The molecule has 2 aromatic rings. The van der Waals surface area contributed by atoms with Gasteiger partial charge in [-0.1, -0.05) is 37.6 Å². The lowest BCUT2D eigenvalue weighted by Gasteiger charge is -2.21. The van der Waals surface area contributed by atoms with Crippen LogP contribution in [0.4, 0.5) is 11.4 Å². The molecule has 1 unspecified atom stereocenters. The molecule has 0 aliphatic rings.